The molecule has 1 aromatic heterocycles. The average molecular weight is 348 g/mol. The number of para-hydroxylation sites is 1. The number of nitrogens with zero attached hydrogens (tertiary/aromatic N) is 3. The van der Waals surface area contributed by atoms with Crippen LogP contribution in [-0.2, 0) is 0 Å². The molecule has 0 radical (unpaired) electrons. The second kappa shape index (κ2) is 4.82. The second-order valence-corrected chi connectivity index (χ2v) is 5.48. The molecule has 3 rings (SSSR count). The minimum Gasteiger partial charge on any atom is -0.369 e. The Hall–Kier alpha value is -2.03. The lowest BCUT2D eigenvalue weighted by Crippen LogP contribution is -2.01. The van der Waals surface area contributed by atoms with Crippen molar-refractivity contribution >= 4 is 44.5 Å². The number of benzene rings is 2. The first-order chi connectivity index (χ1) is 9.61. The highest BCUT2D eigenvalue weighted by Gasteiger charge is 2.14. The standard InChI is InChI=1S/C14H8BrClN4/c15-10-6-9(16)4-5-11(10)20-12-3-1-2-8(7-17)13(12)19-14(20)18/h1-6H,(H2,18,19). The summed E-state index contributed by atoms with van der Waals surface area (Å²) in [5.74, 6) is 0.325. The van der Waals surface area contributed by atoms with Gasteiger partial charge >= 0.3 is 0 Å². The molecule has 0 atom stereocenters. The highest BCUT2D eigenvalue weighted by Crippen LogP contribution is 2.31. The lowest BCUT2D eigenvalue weighted by molar-refractivity contribution is 1.10. The SMILES string of the molecule is N#Cc1cccc2c1nc(N)n2-c1ccc(Cl)cc1Br. The van der Waals surface area contributed by atoms with Gasteiger partial charge in [0.05, 0.1) is 16.8 Å². The van der Waals surface area contributed by atoms with Crippen LogP contribution < -0.4 is 5.73 Å². The molecular weight excluding hydrogens is 340 g/mol. The van der Waals surface area contributed by atoms with Crippen LogP contribution in [0.3, 0.4) is 0 Å². The van der Waals surface area contributed by atoms with Gasteiger partial charge in [-0.2, -0.15) is 5.26 Å². The van der Waals surface area contributed by atoms with Gasteiger partial charge in [0.25, 0.3) is 0 Å². The number of halogens is 2. The Morgan fingerprint density at radius 2 is 2.10 bits per heavy atom. The number of nitrogen functional groups attached to an aromatic ring is 1. The van der Waals surface area contributed by atoms with E-state index < -0.39 is 0 Å². The summed E-state index contributed by atoms with van der Waals surface area (Å²) < 4.78 is 2.59. The fraction of sp³-hybridized carbons (Fsp3) is 0. The first kappa shape index (κ1) is 13.0. The molecule has 0 amide bonds. The third-order valence-corrected chi connectivity index (χ3v) is 3.85. The van der Waals surface area contributed by atoms with Crippen molar-refractivity contribution in [2.75, 3.05) is 5.73 Å². The molecule has 0 saturated heterocycles. The van der Waals surface area contributed by atoms with E-state index >= 15 is 0 Å². The summed E-state index contributed by atoms with van der Waals surface area (Å²) in [4.78, 5) is 4.29. The molecule has 98 valence electrons. The molecule has 20 heavy (non-hydrogen) atoms. The summed E-state index contributed by atoms with van der Waals surface area (Å²) >= 11 is 9.43. The number of rotatable bonds is 1. The summed E-state index contributed by atoms with van der Waals surface area (Å²) in [6.45, 7) is 0. The third-order valence-electron chi connectivity index (χ3n) is 2.98. The Morgan fingerprint density at radius 1 is 1.30 bits per heavy atom. The summed E-state index contributed by atoms with van der Waals surface area (Å²) in [6, 6.07) is 12.9. The number of fused-ring (bicyclic) bond motifs is 1. The molecule has 0 bridgehead atoms. The first-order valence-electron chi connectivity index (χ1n) is 5.74. The third kappa shape index (κ3) is 1.94. The van der Waals surface area contributed by atoms with Gasteiger partial charge in [0.15, 0.2) is 0 Å². The monoisotopic (exact) mass is 346 g/mol. The van der Waals surface area contributed by atoms with E-state index in [1.165, 1.54) is 0 Å². The lowest BCUT2D eigenvalue weighted by atomic mass is 10.2. The van der Waals surface area contributed by atoms with Gasteiger partial charge in [0.2, 0.25) is 5.95 Å². The fourth-order valence-corrected chi connectivity index (χ4v) is 2.98. The van der Waals surface area contributed by atoms with Gasteiger partial charge in [-0.25, -0.2) is 4.98 Å². The van der Waals surface area contributed by atoms with E-state index in [0.29, 0.717) is 22.1 Å². The van der Waals surface area contributed by atoms with Gasteiger partial charge in [-0.1, -0.05) is 17.7 Å². The van der Waals surface area contributed by atoms with Crippen molar-refractivity contribution < 1.29 is 0 Å². The molecule has 1 heterocycles. The van der Waals surface area contributed by atoms with E-state index in [-0.39, 0.29) is 0 Å². The number of aromatic nitrogens is 2. The van der Waals surface area contributed by atoms with Crippen LogP contribution in [0.15, 0.2) is 40.9 Å². The number of hydrogen-bond acceptors (Lipinski definition) is 3. The minimum atomic E-state index is 0.325. The molecule has 4 nitrogen and oxygen atoms in total. The Morgan fingerprint density at radius 3 is 2.80 bits per heavy atom. The number of anilines is 1. The van der Waals surface area contributed by atoms with Crippen LogP contribution in [0.1, 0.15) is 5.56 Å². The lowest BCUT2D eigenvalue weighted by Gasteiger charge is -2.09. The second-order valence-electron chi connectivity index (χ2n) is 4.19. The maximum atomic E-state index is 9.13. The van der Waals surface area contributed by atoms with Gasteiger partial charge in [-0.15, -0.1) is 0 Å². The van der Waals surface area contributed by atoms with Crippen LogP contribution >= 0.6 is 27.5 Å². The molecule has 0 aliphatic heterocycles. The summed E-state index contributed by atoms with van der Waals surface area (Å²) in [5, 5.41) is 9.76. The number of hydrogen-bond donors (Lipinski definition) is 1. The van der Waals surface area contributed by atoms with E-state index in [2.05, 4.69) is 27.0 Å². The molecular formula is C14H8BrClN4. The first-order valence-corrected chi connectivity index (χ1v) is 6.91. The average Bonchev–Trinajstić information content (AvgIpc) is 2.75. The zero-order chi connectivity index (χ0) is 14.3. The number of imidazole rings is 1. The normalized spacial score (nSPS) is 10.7. The largest absolute Gasteiger partial charge is 0.369 e. The Balaban J connectivity index is 2.37. The van der Waals surface area contributed by atoms with Crippen LogP contribution in [0.5, 0.6) is 0 Å². The van der Waals surface area contributed by atoms with Crippen molar-refractivity contribution in [1.82, 2.24) is 9.55 Å². The van der Waals surface area contributed by atoms with Crippen LogP contribution in [0, 0.1) is 11.3 Å². The van der Waals surface area contributed by atoms with Gasteiger partial charge in [0.1, 0.15) is 11.6 Å². The number of nitriles is 1. The molecule has 0 aliphatic carbocycles. The van der Waals surface area contributed by atoms with Gasteiger partial charge in [-0.05, 0) is 46.3 Å². The molecule has 2 aromatic carbocycles. The maximum Gasteiger partial charge on any atom is 0.206 e. The Labute approximate surface area is 128 Å². The zero-order valence-corrected chi connectivity index (χ0v) is 12.5. The molecule has 3 aromatic rings. The summed E-state index contributed by atoms with van der Waals surface area (Å²) in [6.07, 6.45) is 0. The van der Waals surface area contributed by atoms with E-state index in [4.69, 9.17) is 22.6 Å². The van der Waals surface area contributed by atoms with Crippen molar-refractivity contribution in [3.63, 3.8) is 0 Å². The molecule has 0 saturated carbocycles. The summed E-state index contributed by atoms with van der Waals surface area (Å²) in [5.41, 5.74) is 8.70. The maximum absolute atomic E-state index is 9.13. The van der Waals surface area contributed by atoms with Crippen molar-refractivity contribution in [2.24, 2.45) is 0 Å². The zero-order valence-electron chi connectivity index (χ0n) is 10.1. The predicted octanol–water partition coefficient (Wildman–Crippen LogP) is 3.90. The Bertz CT molecular complexity index is 863. The molecule has 0 spiro atoms. The topological polar surface area (TPSA) is 67.6 Å². The van der Waals surface area contributed by atoms with Gasteiger partial charge in [0, 0.05) is 9.50 Å². The molecule has 2 N–H and O–H groups in total. The van der Waals surface area contributed by atoms with Crippen molar-refractivity contribution in [3.05, 3.63) is 51.5 Å². The van der Waals surface area contributed by atoms with E-state index in [1.807, 2.05) is 18.2 Å². The van der Waals surface area contributed by atoms with E-state index in [1.54, 1.807) is 22.8 Å². The molecule has 6 heteroatoms. The minimum absolute atomic E-state index is 0.325. The smallest absolute Gasteiger partial charge is 0.206 e. The molecule has 0 unspecified atom stereocenters. The molecule has 0 fully saturated rings. The van der Waals surface area contributed by atoms with Crippen LogP contribution in [0.4, 0.5) is 5.95 Å². The van der Waals surface area contributed by atoms with Crippen LogP contribution in [-0.4, -0.2) is 9.55 Å². The Kier molecular flexibility index (Phi) is 3.13. The predicted molar refractivity (Wildman–Crippen MR) is 82.9 cm³/mol. The quantitative estimate of drug-likeness (QED) is 0.726. The number of nitrogens with two attached hydrogens (primary N) is 1. The fourth-order valence-electron chi connectivity index (χ4n) is 2.12. The van der Waals surface area contributed by atoms with E-state index in [0.717, 1.165) is 15.7 Å². The highest BCUT2D eigenvalue weighted by molar-refractivity contribution is 9.10. The van der Waals surface area contributed by atoms with Crippen molar-refractivity contribution in [3.8, 4) is 11.8 Å². The van der Waals surface area contributed by atoms with Crippen molar-refractivity contribution in [2.45, 2.75) is 0 Å². The van der Waals surface area contributed by atoms with Gasteiger partial charge < -0.3 is 5.73 Å². The van der Waals surface area contributed by atoms with E-state index in [9.17, 15) is 0 Å². The molecule has 0 aliphatic rings. The van der Waals surface area contributed by atoms with Crippen molar-refractivity contribution in [1.29, 1.82) is 5.26 Å². The van der Waals surface area contributed by atoms with Crippen LogP contribution in [0.2, 0.25) is 5.02 Å². The highest BCUT2D eigenvalue weighted by atomic mass is 79.9. The van der Waals surface area contributed by atoms with Crippen LogP contribution in [0.25, 0.3) is 16.7 Å². The van der Waals surface area contributed by atoms with Gasteiger partial charge in [-0.3, -0.25) is 4.57 Å². The summed E-state index contributed by atoms with van der Waals surface area (Å²) in [7, 11) is 0.